The van der Waals surface area contributed by atoms with Crippen molar-refractivity contribution in [1.29, 1.82) is 0 Å². The Morgan fingerprint density at radius 2 is 2.05 bits per heavy atom. The van der Waals surface area contributed by atoms with Gasteiger partial charge >= 0.3 is 5.97 Å². The van der Waals surface area contributed by atoms with Crippen molar-refractivity contribution in [2.75, 3.05) is 6.54 Å². The fourth-order valence-electron chi connectivity index (χ4n) is 1.65. The number of aromatic carboxylic acids is 1. The van der Waals surface area contributed by atoms with Crippen LogP contribution in [0.3, 0.4) is 0 Å². The largest absolute Gasteiger partial charge is 0.478 e. The molecule has 0 aliphatic rings. The SMILES string of the molecule is Cc1c(C(=O)O)cc(C(O)C(O)CN)cc1[N+](=O)[O-]. The number of nitrogens with two attached hydrogens (primary N) is 1. The minimum Gasteiger partial charge on any atom is -0.478 e. The molecule has 8 heteroatoms. The molecular weight excluding hydrogens is 256 g/mol. The van der Waals surface area contributed by atoms with Crippen molar-refractivity contribution in [3.63, 3.8) is 0 Å². The van der Waals surface area contributed by atoms with Gasteiger partial charge in [0.15, 0.2) is 0 Å². The highest BCUT2D eigenvalue weighted by molar-refractivity contribution is 5.91. The standard InChI is InChI=1S/C11H14N2O6/c1-5-7(11(16)17)2-6(3-8(5)13(18)19)10(15)9(14)4-12/h2-3,9-10,14-15H,4,12H2,1H3,(H,16,17). The predicted molar refractivity (Wildman–Crippen MR) is 64.8 cm³/mol. The zero-order valence-electron chi connectivity index (χ0n) is 10.1. The lowest BCUT2D eigenvalue weighted by atomic mass is 9.97. The molecule has 104 valence electrons. The predicted octanol–water partition coefficient (Wildman–Crippen LogP) is -0.0456. The first-order chi connectivity index (χ1) is 8.79. The molecule has 19 heavy (non-hydrogen) atoms. The second kappa shape index (κ2) is 5.74. The van der Waals surface area contributed by atoms with Gasteiger partial charge in [-0.25, -0.2) is 4.79 Å². The maximum Gasteiger partial charge on any atom is 0.336 e. The van der Waals surface area contributed by atoms with Gasteiger partial charge < -0.3 is 21.1 Å². The first kappa shape index (κ1) is 15.0. The average molecular weight is 270 g/mol. The van der Waals surface area contributed by atoms with E-state index in [2.05, 4.69) is 0 Å². The molecule has 0 aliphatic heterocycles. The van der Waals surface area contributed by atoms with E-state index in [9.17, 15) is 25.1 Å². The van der Waals surface area contributed by atoms with E-state index in [1.54, 1.807) is 0 Å². The first-order valence-electron chi connectivity index (χ1n) is 5.38. The minimum atomic E-state index is -1.48. The number of carboxylic acids is 1. The van der Waals surface area contributed by atoms with Crippen LogP contribution in [0.2, 0.25) is 0 Å². The van der Waals surface area contributed by atoms with Crippen molar-refractivity contribution in [3.8, 4) is 0 Å². The molecule has 0 saturated heterocycles. The van der Waals surface area contributed by atoms with E-state index in [4.69, 9.17) is 10.8 Å². The molecule has 0 bridgehead atoms. The van der Waals surface area contributed by atoms with Crippen molar-refractivity contribution in [2.24, 2.45) is 5.73 Å². The summed E-state index contributed by atoms with van der Waals surface area (Å²) in [6.45, 7) is 1.04. The maximum absolute atomic E-state index is 11.0. The number of nitrogens with zero attached hydrogens (tertiary/aromatic N) is 1. The van der Waals surface area contributed by atoms with E-state index in [1.807, 2.05) is 0 Å². The summed E-state index contributed by atoms with van der Waals surface area (Å²) < 4.78 is 0. The molecule has 2 atom stereocenters. The van der Waals surface area contributed by atoms with Crippen molar-refractivity contribution < 1.29 is 25.0 Å². The van der Waals surface area contributed by atoms with Crippen molar-refractivity contribution in [2.45, 2.75) is 19.1 Å². The van der Waals surface area contributed by atoms with Gasteiger partial charge in [0.05, 0.1) is 16.6 Å². The molecule has 0 spiro atoms. The molecular formula is C11H14N2O6. The van der Waals surface area contributed by atoms with Crippen LogP contribution in [0.25, 0.3) is 0 Å². The van der Waals surface area contributed by atoms with Crippen LogP contribution in [0, 0.1) is 17.0 Å². The van der Waals surface area contributed by atoms with E-state index in [0.29, 0.717) is 0 Å². The number of hydrogen-bond acceptors (Lipinski definition) is 6. The topological polar surface area (TPSA) is 147 Å². The lowest BCUT2D eigenvalue weighted by Crippen LogP contribution is -2.27. The Kier molecular flexibility index (Phi) is 4.54. The highest BCUT2D eigenvalue weighted by atomic mass is 16.6. The Labute approximate surface area is 108 Å². The number of aliphatic hydroxyl groups excluding tert-OH is 2. The summed E-state index contributed by atoms with van der Waals surface area (Å²) in [7, 11) is 0. The van der Waals surface area contributed by atoms with Gasteiger partial charge in [-0.05, 0) is 18.6 Å². The molecule has 2 unspecified atom stereocenters. The zero-order valence-corrected chi connectivity index (χ0v) is 10.1. The smallest absolute Gasteiger partial charge is 0.336 e. The minimum absolute atomic E-state index is 0.0179. The molecule has 1 rings (SSSR count). The Balaban J connectivity index is 3.42. The summed E-state index contributed by atoms with van der Waals surface area (Å²) in [6.07, 6.45) is -2.81. The molecule has 0 fully saturated rings. The van der Waals surface area contributed by atoms with Gasteiger partial charge in [-0.3, -0.25) is 10.1 Å². The van der Waals surface area contributed by atoms with Crippen LogP contribution in [0.1, 0.15) is 27.6 Å². The molecule has 5 N–H and O–H groups in total. The molecule has 0 aromatic heterocycles. The third kappa shape index (κ3) is 3.05. The van der Waals surface area contributed by atoms with E-state index in [-0.39, 0.29) is 23.2 Å². The highest BCUT2D eigenvalue weighted by Crippen LogP contribution is 2.28. The molecule has 0 saturated carbocycles. The van der Waals surface area contributed by atoms with Gasteiger partial charge in [-0.2, -0.15) is 0 Å². The number of nitro benzene ring substituents is 1. The number of rotatable bonds is 5. The normalized spacial score (nSPS) is 13.9. The maximum atomic E-state index is 11.0. The molecule has 0 amide bonds. The number of carbonyl (C=O) groups is 1. The molecule has 1 aromatic carbocycles. The summed E-state index contributed by atoms with van der Waals surface area (Å²) in [5.41, 5.74) is 4.36. The van der Waals surface area contributed by atoms with Crippen molar-refractivity contribution >= 4 is 11.7 Å². The second-order valence-electron chi connectivity index (χ2n) is 4.02. The number of aliphatic hydroxyl groups is 2. The molecule has 1 aromatic rings. The van der Waals surface area contributed by atoms with Crippen molar-refractivity contribution in [1.82, 2.24) is 0 Å². The van der Waals surface area contributed by atoms with E-state index < -0.39 is 28.8 Å². The summed E-state index contributed by atoms with van der Waals surface area (Å²) in [4.78, 5) is 21.1. The number of hydrogen-bond donors (Lipinski definition) is 4. The van der Waals surface area contributed by atoms with Crippen molar-refractivity contribution in [3.05, 3.63) is 38.9 Å². The summed E-state index contributed by atoms with van der Waals surface area (Å²) in [6, 6.07) is 2.12. The van der Waals surface area contributed by atoms with Gasteiger partial charge in [0.1, 0.15) is 6.10 Å². The quantitative estimate of drug-likeness (QED) is 0.433. The number of benzene rings is 1. The first-order valence-corrected chi connectivity index (χ1v) is 5.38. The summed E-state index contributed by atoms with van der Waals surface area (Å²) >= 11 is 0. The fraction of sp³-hybridized carbons (Fsp3) is 0.364. The van der Waals surface area contributed by atoms with Gasteiger partial charge in [0.25, 0.3) is 5.69 Å². The van der Waals surface area contributed by atoms with Gasteiger partial charge in [0, 0.05) is 18.2 Å². The second-order valence-corrected chi connectivity index (χ2v) is 4.02. The van der Waals surface area contributed by atoms with Crippen LogP contribution in [0.4, 0.5) is 5.69 Å². The lowest BCUT2D eigenvalue weighted by Gasteiger charge is -2.17. The Morgan fingerprint density at radius 1 is 1.47 bits per heavy atom. The summed E-state index contributed by atoms with van der Waals surface area (Å²) in [5, 5.41) is 39.0. The molecule has 0 heterocycles. The molecule has 0 aliphatic carbocycles. The lowest BCUT2D eigenvalue weighted by molar-refractivity contribution is -0.385. The fourth-order valence-corrected chi connectivity index (χ4v) is 1.65. The van der Waals surface area contributed by atoms with Crippen LogP contribution in [0.5, 0.6) is 0 Å². The highest BCUT2D eigenvalue weighted by Gasteiger charge is 2.25. The van der Waals surface area contributed by atoms with Crippen LogP contribution < -0.4 is 5.73 Å². The van der Waals surface area contributed by atoms with E-state index in [0.717, 1.165) is 12.1 Å². The Hall–Kier alpha value is -2.03. The van der Waals surface area contributed by atoms with E-state index >= 15 is 0 Å². The van der Waals surface area contributed by atoms with Gasteiger partial charge in [-0.1, -0.05) is 0 Å². The third-order valence-electron chi connectivity index (χ3n) is 2.78. The van der Waals surface area contributed by atoms with Crippen LogP contribution >= 0.6 is 0 Å². The Morgan fingerprint density at radius 3 is 2.47 bits per heavy atom. The number of carboxylic acid groups (broad SMARTS) is 1. The monoisotopic (exact) mass is 270 g/mol. The van der Waals surface area contributed by atoms with Crippen LogP contribution in [-0.4, -0.2) is 38.9 Å². The van der Waals surface area contributed by atoms with E-state index in [1.165, 1.54) is 6.92 Å². The Bertz CT molecular complexity index is 481. The zero-order chi connectivity index (χ0) is 14.7. The molecule has 8 nitrogen and oxygen atoms in total. The number of nitro groups is 1. The molecule has 0 radical (unpaired) electrons. The van der Waals surface area contributed by atoms with Crippen LogP contribution in [-0.2, 0) is 0 Å². The average Bonchev–Trinajstić information content (AvgIpc) is 2.36. The van der Waals surface area contributed by atoms with Crippen LogP contribution in [0.15, 0.2) is 12.1 Å². The van der Waals surface area contributed by atoms with Gasteiger partial charge in [-0.15, -0.1) is 0 Å². The summed E-state index contributed by atoms with van der Waals surface area (Å²) in [5.74, 6) is -1.35. The third-order valence-corrected chi connectivity index (χ3v) is 2.78. The van der Waals surface area contributed by atoms with Gasteiger partial charge in [0.2, 0.25) is 0 Å².